The minimum atomic E-state index is -0.656. The van der Waals surface area contributed by atoms with Crippen molar-refractivity contribution in [3.8, 4) is 11.5 Å². The summed E-state index contributed by atoms with van der Waals surface area (Å²) in [6, 6.07) is 7.68. The van der Waals surface area contributed by atoms with Gasteiger partial charge in [0.2, 0.25) is 0 Å². The topological polar surface area (TPSA) is 38.7 Å². The lowest BCUT2D eigenvalue weighted by atomic mass is 9.96. The SMILES string of the molecule is CCCOc1cccc(OCC2(O)CCCCCC2)c1. The lowest BCUT2D eigenvalue weighted by molar-refractivity contribution is -0.0174. The molecule has 0 spiro atoms. The van der Waals surface area contributed by atoms with Gasteiger partial charge >= 0.3 is 0 Å². The summed E-state index contributed by atoms with van der Waals surface area (Å²) in [7, 11) is 0. The molecule has 0 heterocycles. The van der Waals surface area contributed by atoms with Crippen molar-refractivity contribution in [1.29, 1.82) is 0 Å². The molecule has 0 aromatic heterocycles. The zero-order chi connectivity index (χ0) is 14.3. The summed E-state index contributed by atoms with van der Waals surface area (Å²) >= 11 is 0. The molecular formula is C17H26O3. The van der Waals surface area contributed by atoms with Gasteiger partial charge in [0.15, 0.2) is 0 Å². The predicted molar refractivity (Wildman–Crippen MR) is 80.4 cm³/mol. The van der Waals surface area contributed by atoms with Crippen LogP contribution < -0.4 is 9.47 Å². The minimum absolute atomic E-state index is 0.379. The molecule has 1 aliphatic carbocycles. The molecular weight excluding hydrogens is 252 g/mol. The quantitative estimate of drug-likeness (QED) is 0.801. The van der Waals surface area contributed by atoms with Crippen molar-refractivity contribution >= 4 is 0 Å². The Morgan fingerprint density at radius 1 is 1.05 bits per heavy atom. The molecule has 2 rings (SSSR count). The van der Waals surface area contributed by atoms with Crippen molar-refractivity contribution in [1.82, 2.24) is 0 Å². The second-order valence-electron chi connectivity index (χ2n) is 5.75. The lowest BCUT2D eigenvalue weighted by Crippen LogP contribution is -2.35. The fraction of sp³-hybridized carbons (Fsp3) is 0.647. The van der Waals surface area contributed by atoms with Gasteiger partial charge in [-0.25, -0.2) is 0 Å². The largest absolute Gasteiger partial charge is 0.493 e. The molecule has 0 unspecified atom stereocenters. The number of ether oxygens (including phenoxy) is 2. The van der Waals surface area contributed by atoms with E-state index in [0.717, 1.165) is 43.6 Å². The summed E-state index contributed by atoms with van der Waals surface area (Å²) in [5.74, 6) is 1.61. The van der Waals surface area contributed by atoms with Crippen LogP contribution in [0, 0.1) is 0 Å². The van der Waals surface area contributed by atoms with Crippen LogP contribution in [0.4, 0.5) is 0 Å². The van der Waals surface area contributed by atoms with Gasteiger partial charge in [0.1, 0.15) is 18.1 Å². The zero-order valence-electron chi connectivity index (χ0n) is 12.4. The maximum atomic E-state index is 10.6. The molecule has 0 saturated heterocycles. The van der Waals surface area contributed by atoms with E-state index in [1.165, 1.54) is 12.8 Å². The third-order valence-electron chi connectivity index (χ3n) is 3.82. The van der Waals surface area contributed by atoms with Crippen LogP contribution >= 0.6 is 0 Å². The van der Waals surface area contributed by atoms with E-state index in [1.54, 1.807) is 0 Å². The Morgan fingerprint density at radius 2 is 1.70 bits per heavy atom. The van der Waals surface area contributed by atoms with Crippen molar-refractivity contribution in [3.63, 3.8) is 0 Å². The van der Waals surface area contributed by atoms with Crippen molar-refractivity contribution in [2.24, 2.45) is 0 Å². The maximum absolute atomic E-state index is 10.6. The Labute approximate surface area is 121 Å². The number of hydrogen-bond donors (Lipinski definition) is 1. The zero-order valence-corrected chi connectivity index (χ0v) is 12.4. The van der Waals surface area contributed by atoms with E-state index in [9.17, 15) is 5.11 Å². The molecule has 112 valence electrons. The summed E-state index contributed by atoms with van der Waals surface area (Å²) in [5, 5.41) is 10.6. The van der Waals surface area contributed by atoms with Crippen molar-refractivity contribution in [3.05, 3.63) is 24.3 Å². The van der Waals surface area contributed by atoms with Gasteiger partial charge in [-0.1, -0.05) is 38.7 Å². The number of rotatable bonds is 6. The van der Waals surface area contributed by atoms with Gasteiger partial charge in [-0.2, -0.15) is 0 Å². The first-order chi connectivity index (χ1) is 9.72. The van der Waals surface area contributed by atoms with Gasteiger partial charge in [-0.3, -0.25) is 0 Å². The van der Waals surface area contributed by atoms with E-state index >= 15 is 0 Å². The number of hydrogen-bond acceptors (Lipinski definition) is 3. The molecule has 1 saturated carbocycles. The van der Waals surface area contributed by atoms with Crippen molar-refractivity contribution in [2.75, 3.05) is 13.2 Å². The number of benzene rings is 1. The van der Waals surface area contributed by atoms with E-state index in [2.05, 4.69) is 6.92 Å². The van der Waals surface area contributed by atoms with Crippen molar-refractivity contribution in [2.45, 2.75) is 57.5 Å². The second-order valence-corrected chi connectivity index (χ2v) is 5.75. The first kappa shape index (κ1) is 15.2. The predicted octanol–water partition coefficient (Wildman–Crippen LogP) is 3.94. The van der Waals surface area contributed by atoms with E-state index < -0.39 is 5.60 Å². The normalized spacial score (nSPS) is 18.3. The van der Waals surface area contributed by atoms with E-state index in [-0.39, 0.29) is 0 Å². The van der Waals surface area contributed by atoms with Gasteiger partial charge in [0.25, 0.3) is 0 Å². The fourth-order valence-electron chi connectivity index (χ4n) is 2.62. The molecule has 0 aliphatic heterocycles. The standard InChI is InChI=1S/C17H26O3/c1-2-12-19-15-8-7-9-16(13-15)20-14-17(18)10-5-3-4-6-11-17/h7-9,13,18H,2-6,10-12,14H2,1H3. The third kappa shape index (κ3) is 4.71. The average Bonchev–Trinajstić information content (AvgIpc) is 2.69. The Hall–Kier alpha value is -1.22. The summed E-state index contributed by atoms with van der Waals surface area (Å²) in [5.41, 5.74) is -0.656. The molecule has 1 fully saturated rings. The summed E-state index contributed by atoms with van der Waals surface area (Å²) in [6.45, 7) is 3.18. The van der Waals surface area contributed by atoms with Crippen LogP contribution in [-0.2, 0) is 0 Å². The molecule has 3 nitrogen and oxygen atoms in total. The van der Waals surface area contributed by atoms with E-state index in [4.69, 9.17) is 9.47 Å². The Kier molecular flexibility index (Phi) is 5.72. The van der Waals surface area contributed by atoms with Crippen LogP contribution in [0.1, 0.15) is 51.9 Å². The van der Waals surface area contributed by atoms with Crippen LogP contribution in [0.5, 0.6) is 11.5 Å². The molecule has 0 bridgehead atoms. The Bertz CT molecular complexity index is 395. The molecule has 3 heteroatoms. The summed E-state index contributed by atoms with van der Waals surface area (Å²) < 4.78 is 11.4. The maximum Gasteiger partial charge on any atom is 0.123 e. The van der Waals surface area contributed by atoms with Gasteiger partial charge in [-0.05, 0) is 31.4 Å². The van der Waals surface area contributed by atoms with Crippen LogP contribution in [0.15, 0.2) is 24.3 Å². The molecule has 20 heavy (non-hydrogen) atoms. The van der Waals surface area contributed by atoms with Gasteiger partial charge in [0.05, 0.1) is 12.2 Å². The molecule has 1 aliphatic rings. The monoisotopic (exact) mass is 278 g/mol. The third-order valence-corrected chi connectivity index (χ3v) is 3.82. The smallest absolute Gasteiger partial charge is 0.123 e. The first-order valence-electron chi connectivity index (χ1n) is 7.80. The van der Waals surface area contributed by atoms with Gasteiger partial charge in [0, 0.05) is 6.07 Å². The highest BCUT2D eigenvalue weighted by Crippen LogP contribution is 2.28. The summed E-state index contributed by atoms with van der Waals surface area (Å²) in [4.78, 5) is 0. The first-order valence-corrected chi connectivity index (χ1v) is 7.80. The lowest BCUT2D eigenvalue weighted by Gasteiger charge is -2.26. The summed E-state index contributed by atoms with van der Waals surface area (Å²) in [6.07, 6.45) is 7.33. The highest BCUT2D eigenvalue weighted by atomic mass is 16.5. The highest BCUT2D eigenvalue weighted by Gasteiger charge is 2.28. The molecule has 1 aromatic carbocycles. The number of aliphatic hydroxyl groups is 1. The molecule has 0 radical (unpaired) electrons. The van der Waals surface area contributed by atoms with Crippen LogP contribution in [0.3, 0.4) is 0 Å². The van der Waals surface area contributed by atoms with Crippen LogP contribution in [-0.4, -0.2) is 23.9 Å². The molecule has 0 amide bonds. The van der Waals surface area contributed by atoms with Gasteiger partial charge in [-0.15, -0.1) is 0 Å². The fourth-order valence-corrected chi connectivity index (χ4v) is 2.62. The molecule has 0 atom stereocenters. The minimum Gasteiger partial charge on any atom is -0.493 e. The Balaban J connectivity index is 1.89. The average molecular weight is 278 g/mol. The van der Waals surface area contributed by atoms with E-state index in [0.29, 0.717) is 13.2 Å². The van der Waals surface area contributed by atoms with Crippen molar-refractivity contribution < 1.29 is 14.6 Å². The van der Waals surface area contributed by atoms with Crippen LogP contribution in [0.2, 0.25) is 0 Å². The van der Waals surface area contributed by atoms with Crippen LogP contribution in [0.25, 0.3) is 0 Å². The second kappa shape index (κ2) is 7.53. The Morgan fingerprint density at radius 3 is 2.35 bits per heavy atom. The highest BCUT2D eigenvalue weighted by molar-refractivity contribution is 5.33. The molecule has 1 N–H and O–H groups in total. The van der Waals surface area contributed by atoms with E-state index in [1.807, 2.05) is 24.3 Å². The molecule has 1 aromatic rings. The van der Waals surface area contributed by atoms with Gasteiger partial charge < -0.3 is 14.6 Å².